The van der Waals surface area contributed by atoms with Gasteiger partial charge < -0.3 is 20.7 Å². The zero-order valence-corrected chi connectivity index (χ0v) is 18.5. The SMILES string of the molecule is CC(=O)NC12CC3CC(C1)CC(C(=O)OCC(=O)N(CCC(N)=O)c1ccccc1)(C3)C2. The molecule has 4 fully saturated rings. The van der Waals surface area contributed by atoms with Crippen LogP contribution in [0, 0.1) is 17.3 Å². The van der Waals surface area contributed by atoms with E-state index in [0.29, 0.717) is 23.9 Å². The van der Waals surface area contributed by atoms with Gasteiger partial charge in [0.25, 0.3) is 5.91 Å². The predicted molar refractivity (Wildman–Crippen MR) is 117 cm³/mol. The maximum Gasteiger partial charge on any atom is 0.312 e. The molecule has 3 amide bonds. The van der Waals surface area contributed by atoms with E-state index in [4.69, 9.17) is 10.5 Å². The van der Waals surface area contributed by atoms with Gasteiger partial charge in [-0.1, -0.05) is 18.2 Å². The number of rotatable bonds is 8. The van der Waals surface area contributed by atoms with Gasteiger partial charge in [-0.25, -0.2) is 0 Å². The number of ether oxygens (including phenoxy) is 1. The normalized spacial score (nSPS) is 29.9. The first kappa shape index (κ1) is 22.3. The van der Waals surface area contributed by atoms with Gasteiger partial charge in [0.1, 0.15) is 0 Å². The summed E-state index contributed by atoms with van der Waals surface area (Å²) < 4.78 is 5.59. The molecule has 8 heteroatoms. The smallest absolute Gasteiger partial charge is 0.312 e. The number of esters is 1. The fraction of sp³-hybridized carbons (Fsp3) is 0.583. The van der Waals surface area contributed by atoms with Crippen molar-refractivity contribution in [3.8, 4) is 0 Å². The molecule has 2 atom stereocenters. The molecule has 8 nitrogen and oxygen atoms in total. The number of nitrogens with one attached hydrogen (secondary N) is 1. The summed E-state index contributed by atoms with van der Waals surface area (Å²) in [4.78, 5) is 50.7. The average Bonchev–Trinajstić information content (AvgIpc) is 2.70. The van der Waals surface area contributed by atoms with Gasteiger partial charge in [0.05, 0.1) is 5.41 Å². The number of carbonyl (C=O) groups excluding carboxylic acids is 4. The van der Waals surface area contributed by atoms with Crippen LogP contribution in [0.1, 0.15) is 51.9 Å². The van der Waals surface area contributed by atoms with Crippen LogP contribution in [0.2, 0.25) is 0 Å². The lowest BCUT2D eigenvalue weighted by molar-refractivity contribution is -0.177. The van der Waals surface area contributed by atoms with E-state index in [1.54, 1.807) is 24.3 Å². The molecular weight excluding hydrogens is 410 g/mol. The van der Waals surface area contributed by atoms with Crippen molar-refractivity contribution in [2.75, 3.05) is 18.1 Å². The van der Waals surface area contributed by atoms with Gasteiger partial charge in [0.2, 0.25) is 11.8 Å². The van der Waals surface area contributed by atoms with Gasteiger partial charge in [-0.3, -0.25) is 19.2 Å². The zero-order valence-electron chi connectivity index (χ0n) is 18.5. The Balaban J connectivity index is 1.44. The van der Waals surface area contributed by atoms with E-state index in [1.165, 1.54) is 11.8 Å². The number of amides is 3. The molecule has 5 rings (SSSR count). The summed E-state index contributed by atoms with van der Waals surface area (Å²) >= 11 is 0. The van der Waals surface area contributed by atoms with E-state index < -0.39 is 23.8 Å². The van der Waals surface area contributed by atoms with Crippen LogP contribution in [0.5, 0.6) is 0 Å². The second kappa shape index (κ2) is 8.56. The van der Waals surface area contributed by atoms with E-state index in [0.717, 1.165) is 32.1 Å². The molecular formula is C24H31N3O5. The van der Waals surface area contributed by atoms with E-state index in [-0.39, 0.29) is 30.4 Å². The first-order valence-electron chi connectivity index (χ1n) is 11.3. The fourth-order valence-corrected chi connectivity index (χ4v) is 6.61. The van der Waals surface area contributed by atoms with Crippen molar-refractivity contribution >= 4 is 29.4 Å². The number of benzene rings is 1. The number of anilines is 1. The standard InChI is InChI=1S/C24H31N3O5/c1-16(28)26-24-12-17-9-18(13-24)11-23(10-17,15-24)22(31)32-14-21(30)27(8-7-20(25)29)19-5-3-2-4-6-19/h2-6,17-18H,7-15H2,1H3,(H2,25,29)(H,26,28). The molecule has 172 valence electrons. The molecule has 4 aliphatic rings. The van der Waals surface area contributed by atoms with Crippen molar-refractivity contribution in [3.63, 3.8) is 0 Å². The van der Waals surface area contributed by atoms with Crippen molar-refractivity contribution < 1.29 is 23.9 Å². The molecule has 0 heterocycles. The average molecular weight is 442 g/mol. The lowest BCUT2D eigenvalue weighted by atomic mass is 9.47. The number of nitrogens with two attached hydrogens (primary N) is 1. The molecule has 4 bridgehead atoms. The topological polar surface area (TPSA) is 119 Å². The number of primary amides is 1. The van der Waals surface area contributed by atoms with E-state index in [1.807, 2.05) is 6.07 Å². The number of carbonyl (C=O) groups is 4. The van der Waals surface area contributed by atoms with Crippen molar-refractivity contribution in [2.24, 2.45) is 23.0 Å². The zero-order chi connectivity index (χ0) is 22.9. The second-order valence-corrected chi connectivity index (χ2v) is 9.88. The van der Waals surface area contributed by atoms with Crippen LogP contribution < -0.4 is 16.0 Å². The van der Waals surface area contributed by atoms with E-state index >= 15 is 0 Å². The Morgan fingerprint density at radius 1 is 1.09 bits per heavy atom. The van der Waals surface area contributed by atoms with Gasteiger partial charge >= 0.3 is 5.97 Å². The highest BCUT2D eigenvalue weighted by Gasteiger charge is 2.61. The Hall–Kier alpha value is -2.90. The molecule has 1 aromatic rings. The summed E-state index contributed by atoms with van der Waals surface area (Å²) in [6, 6.07) is 8.94. The largest absolute Gasteiger partial charge is 0.455 e. The van der Waals surface area contributed by atoms with Crippen LogP contribution in [0.4, 0.5) is 5.69 Å². The van der Waals surface area contributed by atoms with Gasteiger partial charge in [-0.05, 0) is 62.5 Å². The molecule has 3 N–H and O–H groups in total. The van der Waals surface area contributed by atoms with Gasteiger partial charge in [0, 0.05) is 31.1 Å². The summed E-state index contributed by atoms with van der Waals surface area (Å²) in [7, 11) is 0. The highest BCUT2D eigenvalue weighted by molar-refractivity contribution is 5.96. The van der Waals surface area contributed by atoms with Gasteiger partial charge in [0.15, 0.2) is 6.61 Å². The highest BCUT2D eigenvalue weighted by Crippen LogP contribution is 2.62. The van der Waals surface area contributed by atoms with Crippen LogP contribution in [0.3, 0.4) is 0 Å². The molecule has 0 spiro atoms. The molecule has 0 aromatic heterocycles. The number of para-hydroxylation sites is 1. The molecule has 2 unspecified atom stereocenters. The number of hydrogen-bond donors (Lipinski definition) is 2. The lowest BCUT2D eigenvalue weighted by Gasteiger charge is -2.60. The minimum absolute atomic E-state index is 0.0150. The Morgan fingerprint density at radius 3 is 2.34 bits per heavy atom. The van der Waals surface area contributed by atoms with Crippen molar-refractivity contribution in [2.45, 2.75) is 57.4 Å². The van der Waals surface area contributed by atoms with Gasteiger partial charge in [-0.15, -0.1) is 0 Å². The molecule has 0 aliphatic heterocycles. The molecule has 1 aromatic carbocycles. The third-order valence-corrected chi connectivity index (χ3v) is 7.21. The predicted octanol–water partition coefficient (Wildman–Crippen LogP) is 1.91. The summed E-state index contributed by atoms with van der Waals surface area (Å²) in [6.07, 6.45) is 5.00. The summed E-state index contributed by atoms with van der Waals surface area (Å²) in [6.45, 7) is 1.25. The van der Waals surface area contributed by atoms with Crippen molar-refractivity contribution in [1.29, 1.82) is 0 Å². The van der Waals surface area contributed by atoms with Crippen LogP contribution in [-0.4, -0.2) is 42.4 Å². The van der Waals surface area contributed by atoms with Crippen LogP contribution in [-0.2, 0) is 23.9 Å². The van der Waals surface area contributed by atoms with E-state index in [2.05, 4.69) is 5.32 Å². The first-order valence-corrected chi connectivity index (χ1v) is 11.3. The Kier molecular flexibility index (Phi) is 5.97. The van der Waals surface area contributed by atoms with Gasteiger partial charge in [-0.2, -0.15) is 0 Å². The maximum atomic E-state index is 13.3. The minimum atomic E-state index is -0.641. The van der Waals surface area contributed by atoms with Crippen LogP contribution in [0.25, 0.3) is 0 Å². The number of nitrogens with zero attached hydrogens (tertiary/aromatic N) is 1. The third-order valence-electron chi connectivity index (χ3n) is 7.21. The molecule has 32 heavy (non-hydrogen) atoms. The quantitative estimate of drug-likeness (QED) is 0.598. The number of hydrogen-bond acceptors (Lipinski definition) is 5. The lowest BCUT2D eigenvalue weighted by Crippen LogP contribution is -2.64. The molecule has 0 saturated heterocycles. The van der Waals surface area contributed by atoms with Crippen LogP contribution >= 0.6 is 0 Å². The fourth-order valence-electron chi connectivity index (χ4n) is 6.61. The Labute approximate surface area is 187 Å². The summed E-state index contributed by atoms with van der Waals surface area (Å²) in [5.74, 6) is -0.540. The maximum absolute atomic E-state index is 13.3. The molecule has 4 aliphatic carbocycles. The summed E-state index contributed by atoms with van der Waals surface area (Å²) in [5, 5.41) is 3.13. The first-order chi connectivity index (χ1) is 15.2. The van der Waals surface area contributed by atoms with Crippen molar-refractivity contribution in [1.82, 2.24) is 5.32 Å². The van der Waals surface area contributed by atoms with Crippen molar-refractivity contribution in [3.05, 3.63) is 30.3 Å². The second-order valence-electron chi connectivity index (χ2n) is 9.88. The van der Waals surface area contributed by atoms with E-state index in [9.17, 15) is 19.2 Å². The molecule has 0 radical (unpaired) electrons. The Morgan fingerprint density at radius 2 is 1.75 bits per heavy atom. The monoisotopic (exact) mass is 441 g/mol. The highest BCUT2D eigenvalue weighted by atomic mass is 16.5. The van der Waals surface area contributed by atoms with Crippen LogP contribution in [0.15, 0.2) is 30.3 Å². The Bertz CT molecular complexity index is 901. The minimum Gasteiger partial charge on any atom is -0.455 e. The molecule has 4 saturated carbocycles. The summed E-state index contributed by atoms with van der Waals surface area (Å²) in [5.41, 5.74) is 4.91. The third kappa shape index (κ3) is 4.49.